The van der Waals surface area contributed by atoms with E-state index < -0.39 is 0 Å². The monoisotopic (exact) mass is 275 g/mol. The Labute approximate surface area is 123 Å². The maximum Gasteiger partial charge on any atom is 0.0234 e. The van der Waals surface area contributed by atoms with Gasteiger partial charge >= 0.3 is 0 Å². The van der Waals surface area contributed by atoms with E-state index in [1.165, 1.54) is 11.1 Å². The SMILES string of the molecule is CC(C)c1ccc(CN2CCN(C(C)CN)CC2)cc1. The first kappa shape index (κ1) is 15.5. The van der Waals surface area contributed by atoms with Gasteiger partial charge in [0.1, 0.15) is 0 Å². The van der Waals surface area contributed by atoms with Gasteiger partial charge in [0.15, 0.2) is 0 Å². The highest BCUT2D eigenvalue weighted by Gasteiger charge is 2.20. The number of rotatable bonds is 5. The molecule has 112 valence electrons. The Morgan fingerprint density at radius 1 is 1.00 bits per heavy atom. The van der Waals surface area contributed by atoms with Crippen molar-refractivity contribution in [1.29, 1.82) is 0 Å². The Morgan fingerprint density at radius 3 is 2.10 bits per heavy atom. The van der Waals surface area contributed by atoms with Crippen LogP contribution in [-0.4, -0.2) is 48.6 Å². The zero-order valence-corrected chi connectivity index (χ0v) is 13.2. The summed E-state index contributed by atoms with van der Waals surface area (Å²) in [6.45, 7) is 13.1. The van der Waals surface area contributed by atoms with E-state index in [4.69, 9.17) is 5.73 Å². The Balaban J connectivity index is 1.83. The molecule has 0 saturated carbocycles. The van der Waals surface area contributed by atoms with E-state index in [-0.39, 0.29) is 0 Å². The molecule has 20 heavy (non-hydrogen) atoms. The predicted octanol–water partition coefficient (Wildman–Crippen LogP) is 2.27. The van der Waals surface area contributed by atoms with Gasteiger partial charge in [0, 0.05) is 45.3 Å². The molecule has 1 fully saturated rings. The molecule has 1 aromatic rings. The van der Waals surface area contributed by atoms with Crippen molar-refractivity contribution >= 4 is 0 Å². The van der Waals surface area contributed by atoms with Crippen molar-refractivity contribution < 1.29 is 0 Å². The van der Waals surface area contributed by atoms with Crippen LogP contribution in [0.3, 0.4) is 0 Å². The minimum atomic E-state index is 0.516. The third-order valence-electron chi connectivity index (χ3n) is 4.42. The molecule has 1 aliphatic rings. The van der Waals surface area contributed by atoms with Crippen LogP contribution in [0.4, 0.5) is 0 Å². The highest BCUT2D eigenvalue weighted by molar-refractivity contribution is 5.24. The maximum atomic E-state index is 5.74. The summed E-state index contributed by atoms with van der Waals surface area (Å²) in [5.41, 5.74) is 8.60. The van der Waals surface area contributed by atoms with Crippen LogP contribution in [0.15, 0.2) is 24.3 Å². The molecular weight excluding hydrogens is 246 g/mol. The van der Waals surface area contributed by atoms with Gasteiger partial charge in [0.2, 0.25) is 0 Å². The average molecular weight is 275 g/mol. The van der Waals surface area contributed by atoms with Crippen LogP contribution in [0.5, 0.6) is 0 Å². The summed E-state index contributed by atoms with van der Waals surface area (Å²) in [6, 6.07) is 9.62. The van der Waals surface area contributed by atoms with Crippen molar-refractivity contribution in [3.8, 4) is 0 Å². The number of hydrogen-bond donors (Lipinski definition) is 1. The van der Waals surface area contributed by atoms with Crippen LogP contribution in [0, 0.1) is 0 Å². The first-order chi connectivity index (χ1) is 9.60. The molecule has 2 rings (SSSR count). The fourth-order valence-corrected chi connectivity index (χ4v) is 2.78. The van der Waals surface area contributed by atoms with Gasteiger partial charge in [0.25, 0.3) is 0 Å². The number of hydrogen-bond acceptors (Lipinski definition) is 3. The predicted molar refractivity (Wildman–Crippen MR) is 85.9 cm³/mol. The first-order valence-corrected chi connectivity index (χ1v) is 7.85. The minimum absolute atomic E-state index is 0.516. The van der Waals surface area contributed by atoms with Gasteiger partial charge < -0.3 is 5.73 Å². The van der Waals surface area contributed by atoms with Crippen molar-refractivity contribution in [1.82, 2.24) is 9.80 Å². The van der Waals surface area contributed by atoms with Gasteiger partial charge in [-0.3, -0.25) is 9.80 Å². The quantitative estimate of drug-likeness (QED) is 0.895. The molecule has 3 nitrogen and oxygen atoms in total. The Hall–Kier alpha value is -0.900. The van der Waals surface area contributed by atoms with Crippen LogP contribution < -0.4 is 5.73 Å². The second-order valence-corrected chi connectivity index (χ2v) is 6.29. The molecule has 2 N–H and O–H groups in total. The molecule has 0 amide bonds. The molecule has 1 aromatic carbocycles. The second-order valence-electron chi connectivity index (χ2n) is 6.29. The summed E-state index contributed by atoms with van der Waals surface area (Å²) in [7, 11) is 0. The molecule has 1 saturated heterocycles. The van der Waals surface area contributed by atoms with Gasteiger partial charge in [-0.2, -0.15) is 0 Å². The van der Waals surface area contributed by atoms with Gasteiger partial charge in [-0.1, -0.05) is 38.1 Å². The van der Waals surface area contributed by atoms with Gasteiger partial charge in [0.05, 0.1) is 0 Å². The summed E-state index contributed by atoms with van der Waals surface area (Å²) in [5, 5.41) is 0. The van der Waals surface area contributed by atoms with Crippen LogP contribution in [0.2, 0.25) is 0 Å². The van der Waals surface area contributed by atoms with E-state index in [1.807, 2.05) is 0 Å². The normalized spacial score (nSPS) is 19.4. The molecule has 0 radical (unpaired) electrons. The van der Waals surface area contributed by atoms with E-state index >= 15 is 0 Å². The van der Waals surface area contributed by atoms with Crippen LogP contribution in [0.25, 0.3) is 0 Å². The molecule has 1 unspecified atom stereocenters. The average Bonchev–Trinajstić information content (AvgIpc) is 2.48. The Morgan fingerprint density at radius 2 is 1.60 bits per heavy atom. The van der Waals surface area contributed by atoms with E-state index in [2.05, 4.69) is 54.8 Å². The maximum absolute atomic E-state index is 5.74. The highest BCUT2D eigenvalue weighted by atomic mass is 15.3. The molecule has 3 heteroatoms. The molecular formula is C17H29N3. The third-order valence-corrected chi connectivity index (χ3v) is 4.42. The summed E-state index contributed by atoms with van der Waals surface area (Å²) in [5.74, 6) is 0.616. The molecule has 0 spiro atoms. The molecule has 0 aromatic heterocycles. The van der Waals surface area contributed by atoms with Gasteiger partial charge in [-0.15, -0.1) is 0 Å². The van der Waals surface area contributed by atoms with E-state index in [0.29, 0.717) is 12.0 Å². The molecule has 1 atom stereocenters. The topological polar surface area (TPSA) is 32.5 Å². The number of nitrogens with zero attached hydrogens (tertiary/aromatic N) is 2. The zero-order chi connectivity index (χ0) is 14.5. The summed E-state index contributed by atoms with van der Waals surface area (Å²) in [6.07, 6.45) is 0. The fraction of sp³-hybridized carbons (Fsp3) is 0.647. The Bertz CT molecular complexity index is 391. The summed E-state index contributed by atoms with van der Waals surface area (Å²) in [4.78, 5) is 5.04. The zero-order valence-electron chi connectivity index (χ0n) is 13.2. The van der Waals surface area contributed by atoms with E-state index in [0.717, 1.165) is 39.3 Å². The van der Waals surface area contributed by atoms with Crippen molar-refractivity contribution in [3.63, 3.8) is 0 Å². The van der Waals surface area contributed by atoms with E-state index in [9.17, 15) is 0 Å². The molecule has 1 aliphatic heterocycles. The lowest BCUT2D eigenvalue weighted by atomic mass is 10.0. The molecule has 1 heterocycles. The highest BCUT2D eigenvalue weighted by Crippen LogP contribution is 2.16. The van der Waals surface area contributed by atoms with Gasteiger partial charge in [-0.05, 0) is 24.0 Å². The number of benzene rings is 1. The largest absolute Gasteiger partial charge is 0.329 e. The standard InChI is InChI=1S/C17H29N3/c1-14(2)17-6-4-16(5-7-17)13-19-8-10-20(11-9-19)15(3)12-18/h4-7,14-15H,8-13,18H2,1-3H3. The van der Waals surface area contributed by atoms with Crippen molar-refractivity contribution in [2.45, 2.75) is 39.3 Å². The lowest BCUT2D eigenvalue weighted by Crippen LogP contribution is -2.51. The lowest BCUT2D eigenvalue weighted by molar-refractivity contribution is 0.100. The van der Waals surface area contributed by atoms with E-state index in [1.54, 1.807) is 0 Å². The summed E-state index contributed by atoms with van der Waals surface area (Å²) < 4.78 is 0. The summed E-state index contributed by atoms with van der Waals surface area (Å²) >= 11 is 0. The van der Waals surface area contributed by atoms with Gasteiger partial charge in [-0.25, -0.2) is 0 Å². The van der Waals surface area contributed by atoms with Crippen LogP contribution in [-0.2, 0) is 6.54 Å². The third kappa shape index (κ3) is 4.05. The lowest BCUT2D eigenvalue weighted by Gasteiger charge is -2.37. The smallest absolute Gasteiger partial charge is 0.0234 e. The van der Waals surface area contributed by atoms with Crippen LogP contribution >= 0.6 is 0 Å². The van der Waals surface area contributed by atoms with Crippen molar-refractivity contribution in [2.24, 2.45) is 5.73 Å². The Kier molecular flexibility index (Phi) is 5.58. The first-order valence-electron chi connectivity index (χ1n) is 7.85. The van der Waals surface area contributed by atoms with Crippen molar-refractivity contribution in [3.05, 3.63) is 35.4 Å². The molecule has 0 aliphatic carbocycles. The van der Waals surface area contributed by atoms with Crippen molar-refractivity contribution in [2.75, 3.05) is 32.7 Å². The second kappa shape index (κ2) is 7.21. The minimum Gasteiger partial charge on any atom is -0.329 e. The van der Waals surface area contributed by atoms with Crippen LogP contribution in [0.1, 0.15) is 37.8 Å². The molecule has 0 bridgehead atoms. The fourth-order valence-electron chi connectivity index (χ4n) is 2.78. The number of nitrogens with two attached hydrogens (primary N) is 1. The number of piperazine rings is 1.